The quantitative estimate of drug-likeness (QED) is 0.153. The number of benzene rings is 10. The molecule has 68 heavy (non-hydrogen) atoms. The summed E-state index contributed by atoms with van der Waals surface area (Å²) in [5.41, 5.74) is 16.5. The summed E-state index contributed by atoms with van der Waals surface area (Å²) < 4.78 is 4.67. The van der Waals surface area contributed by atoms with Crippen LogP contribution < -0.4 is 0 Å². The van der Waals surface area contributed by atoms with Crippen molar-refractivity contribution in [1.82, 2.24) is 24.1 Å². The molecule has 5 heteroatoms. The number of hydrogen-bond acceptors (Lipinski definition) is 3. The monoisotopic (exact) mass is 867 g/mol. The minimum Gasteiger partial charge on any atom is -0.309 e. The Bertz CT molecular complexity index is 3970. The summed E-state index contributed by atoms with van der Waals surface area (Å²) >= 11 is 0. The first-order chi connectivity index (χ1) is 33.7. The Labute approximate surface area is 393 Å². The van der Waals surface area contributed by atoms with Gasteiger partial charge in [0.05, 0.1) is 27.8 Å². The number of nitrogens with zero attached hydrogens (tertiary/aromatic N) is 5. The van der Waals surface area contributed by atoms with Crippen molar-refractivity contribution >= 4 is 43.6 Å². The van der Waals surface area contributed by atoms with Gasteiger partial charge in [-0.15, -0.1) is 0 Å². The molecule has 0 radical (unpaired) electrons. The van der Waals surface area contributed by atoms with Gasteiger partial charge < -0.3 is 4.57 Å². The Kier molecular flexibility index (Phi) is 9.43. The van der Waals surface area contributed by atoms with Gasteiger partial charge in [-0.25, -0.2) is 4.98 Å². The summed E-state index contributed by atoms with van der Waals surface area (Å²) in [6.07, 6.45) is 0. The summed E-state index contributed by atoms with van der Waals surface area (Å²) in [6.45, 7) is 0. The van der Waals surface area contributed by atoms with Gasteiger partial charge in [0, 0.05) is 38.2 Å². The molecule has 10 aromatic carbocycles. The van der Waals surface area contributed by atoms with Crippen molar-refractivity contribution in [3.63, 3.8) is 0 Å². The molecule has 0 spiro atoms. The SMILES string of the molecule is c1ccc(-c2ccc(-c3nc(-c4ccccc4)nc(-n4c5ccccc5c5cc6c7ccccc7n(-c7ccc(-c8ccccc8)cc7-c7ccc(-c8ccccc8)cc7)c6cc54)n3)cc2)cc1. The van der Waals surface area contributed by atoms with Crippen LogP contribution in [0.4, 0.5) is 0 Å². The zero-order valence-electron chi connectivity index (χ0n) is 36.9. The Morgan fingerprint density at radius 1 is 0.235 bits per heavy atom. The minimum absolute atomic E-state index is 0.556. The van der Waals surface area contributed by atoms with Gasteiger partial charge in [0.2, 0.25) is 5.95 Å². The van der Waals surface area contributed by atoms with Crippen LogP contribution in [-0.2, 0) is 0 Å². The Hall–Kier alpha value is -9.19. The number of fused-ring (bicyclic) bond motifs is 6. The fourth-order valence-electron chi connectivity index (χ4n) is 9.90. The van der Waals surface area contributed by atoms with E-state index in [1.807, 2.05) is 24.3 Å². The van der Waals surface area contributed by atoms with Crippen molar-refractivity contribution in [3.05, 3.63) is 249 Å². The van der Waals surface area contributed by atoms with Gasteiger partial charge >= 0.3 is 0 Å². The molecule has 0 fully saturated rings. The molecule has 0 aliphatic heterocycles. The fraction of sp³-hybridized carbons (Fsp3) is 0. The maximum Gasteiger partial charge on any atom is 0.238 e. The molecular weight excluding hydrogens is 827 g/mol. The standard InChI is InChI=1S/C63H41N5/c1-5-17-42(18-6-1)45-29-33-47(34-30-45)53-39-50(44-21-9-3-10-22-44)37-38-58(53)67-56-27-15-13-25-51(56)54-40-55-52-26-14-16-28-57(52)68(60(55)41-59(54)67)63-65-61(48-23-11-4-12-24-48)64-62(66-63)49-35-31-46(32-36-49)43-19-7-2-8-20-43/h1-41H. The number of hydrogen-bond donors (Lipinski definition) is 0. The lowest BCUT2D eigenvalue weighted by Crippen LogP contribution is -2.06. The average Bonchev–Trinajstić information content (AvgIpc) is 3.92. The van der Waals surface area contributed by atoms with Crippen LogP contribution in [0.1, 0.15) is 0 Å². The van der Waals surface area contributed by atoms with E-state index in [1.54, 1.807) is 0 Å². The predicted molar refractivity (Wildman–Crippen MR) is 281 cm³/mol. The fourth-order valence-corrected chi connectivity index (χ4v) is 9.90. The second kappa shape index (κ2) is 16.4. The first-order valence-electron chi connectivity index (χ1n) is 23.0. The zero-order chi connectivity index (χ0) is 45.0. The van der Waals surface area contributed by atoms with Crippen molar-refractivity contribution in [3.8, 4) is 78.9 Å². The first-order valence-corrected chi connectivity index (χ1v) is 23.0. The third-order valence-electron chi connectivity index (χ3n) is 13.2. The van der Waals surface area contributed by atoms with Crippen molar-refractivity contribution in [2.45, 2.75) is 0 Å². The van der Waals surface area contributed by atoms with E-state index in [1.165, 1.54) is 27.5 Å². The Morgan fingerprint density at radius 3 is 1.16 bits per heavy atom. The van der Waals surface area contributed by atoms with Crippen molar-refractivity contribution < 1.29 is 0 Å². The molecule has 0 bridgehead atoms. The first kappa shape index (κ1) is 39.2. The van der Waals surface area contributed by atoms with Crippen molar-refractivity contribution in [1.29, 1.82) is 0 Å². The zero-order valence-corrected chi connectivity index (χ0v) is 36.9. The lowest BCUT2D eigenvalue weighted by molar-refractivity contribution is 0.953. The van der Waals surface area contributed by atoms with Crippen LogP contribution in [0.3, 0.4) is 0 Å². The molecule has 13 rings (SSSR count). The van der Waals surface area contributed by atoms with Crippen LogP contribution in [-0.4, -0.2) is 24.1 Å². The van der Waals surface area contributed by atoms with E-state index in [9.17, 15) is 0 Å². The molecule has 3 aromatic heterocycles. The molecule has 0 unspecified atom stereocenters. The molecule has 5 nitrogen and oxygen atoms in total. The van der Waals surface area contributed by atoms with Crippen LogP contribution in [0.25, 0.3) is 123 Å². The van der Waals surface area contributed by atoms with Gasteiger partial charge in [-0.05, 0) is 75.3 Å². The molecule has 0 N–H and O–H groups in total. The molecule has 0 atom stereocenters. The van der Waals surface area contributed by atoms with E-state index in [2.05, 4.69) is 234 Å². The van der Waals surface area contributed by atoms with Crippen LogP contribution in [0.2, 0.25) is 0 Å². The molecule has 0 aliphatic rings. The molecule has 13 aromatic rings. The number of aromatic nitrogens is 5. The van der Waals surface area contributed by atoms with Crippen LogP contribution in [0.5, 0.6) is 0 Å². The molecule has 0 aliphatic carbocycles. The maximum atomic E-state index is 5.33. The van der Waals surface area contributed by atoms with Gasteiger partial charge in [-0.2, -0.15) is 9.97 Å². The third kappa shape index (κ3) is 6.76. The summed E-state index contributed by atoms with van der Waals surface area (Å²) in [5.74, 6) is 1.77. The van der Waals surface area contributed by atoms with E-state index in [-0.39, 0.29) is 0 Å². The Balaban J connectivity index is 1.05. The van der Waals surface area contributed by atoms with Gasteiger partial charge in [0.25, 0.3) is 0 Å². The highest BCUT2D eigenvalue weighted by atomic mass is 15.2. The summed E-state index contributed by atoms with van der Waals surface area (Å²) in [4.78, 5) is 15.8. The van der Waals surface area contributed by atoms with Crippen LogP contribution in [0, 0.1) is 0 Å². The summed E-state index contributed by atoms with van der Waals surface area (Å²) in [5, 5.41) is 4.62. The number of para-hydroxylation sites is 2. The molecule has 0 amide bonds. The molecule has 0 saturated heterocycles. The number of rotatable bonds is 8. The van der Waals surface area contributed by atoms with E-state index < -0.39 is 0 Å². The van der Waals surface area contributed by atoms with Gasteiger partial charge in [0.1, 0.15) is 0 Å². The molecule has 0 saturated carbocycles. The van der Waals surface area contributed by atoms with Crippen molar-refractivity contribution in [2.24, 2.45) is 0 Å². The lowest BCUT2D eigenvalue weighted by atomic mass is 9.95. The van der Waals surface area contributed by atoms with E-state index in [4.69, 9.17) is 15.0 Å². The van der Waals surface area contributed by atoms with E-state index >= 15 is 0 Å². The average molecular weight is 868 g/mol. The normalized spacial score (nSPS) is 11.5. The van der Waals surface area contributed by atoms with E-state index in [0.29, 0.717) is 17.6 Å². The lowest BCUT2D eigenvalue weighted by Gasteiger charge is -2.17. The van der Waals surface area contributed by atoms with Gasteiger partial charge in [-0.3, -0.25) is 4.57 Å². The topological polar surface area (TPSA) is 48.5 Å². The largest absolute Gasteiger partial charge is 0.309 e. The van der Waals surface area contributed by atoms with Crippen LogP contribution >= 0.6 is 0 Å². The second-order valence-corrected chi connectivity index (χ2v) is 17.2. The minimum atomic E-state index is 0.556. The van der Waals surface area contributed by atoms with Crippen LogP contribution in [0.15, 0.2) is 249 Å². The van der Waals surface area contributed by atoms with Gasteiger partial charge in [-0.1, -0.05) is 212 Å². The molecule has 318 valence electrons. The highest BCUT2D eigenvalue weighted by Crippen LogP contribution is 2.42. The van der Waals surface area contributed by atoms with Crippen molar-refractivity contribution in [2.75, 3.05) is 0 Å². The van der Waals surface area contributed by atoms with E-state index in [0.717, 1.165) is 77.5 Å². The predicted octanol–water partition coefficient (Wildman–Crippen LogP) is 16.1. The smallest absolute Gasteiger partial charge is 0.238 e. The second-order valence-electron chi connectivity index (χ2n) is 17.2. The Morgan fingerprint density at radius 2 is 0.618 bits per heavy atom. The highest BCUT2D eigenvalue weighted by molar-refractivity contribution is 6.19. The molecular formula is C63H41N5. The summed E-state index contributed by atoms with van der Waals surface area (Å²) in [7, 11) is 0. The maximum absolute atomic E-state index is 5.33. The third-order valence-corrected chi connectivity index (χ3v) is 13.2. The highest BCUT2D eigenvalue weighted by Gasteiger charge is 2.23. The molecule has 3 heterocycles. The summed E-state index contributed by atoms with van der Waals surface area (Å²) in [6, 6.07) is 88.4. The van der Waals surface area contributed by atoms with Gasteiger partial charge in [0.15, 0.2) is 11.6 Å².